The third kappa shape index (κ3) is 10.9. The first-order valence-corrected chi connectivity index (χ1v) is 16.0. The van der Waals surface area contributed by atoms with Crippen molar-refractivity contribution in [1.29, 1.82) is 0 Å². The van der Waals surface area contributed by atoms with Crippen LogP contribution in [0.5, 0.6) is 5.75 Å². The molecule has 2 atom stereocenters. The normalized spacial score (nSPS) is 17.6. The number of hydrogen-bond acceptors (Lipinski definition) is 4. The van der Waals surface area contributed by atoms with Gasteiger partial charge in [-0.1, -0.05) is 38.0 Å². The van der Waals surface area contributed by atoms with Crippen molar-refractivity contribution < 1.29 is 41.1 Å². The molecule has 0 aliphatic heterocycles. The van der Waals surface area contributed by atoms with Crippen LogP contribution in [-0.4, -0.2) is 32.4 Å². The number of allylic oxidation sites excluding steroid dienone is 2. The maximum absolute atomic E-state index is 14.1. The van der Waals surface area contributed by atoms with Crippen LogP contribution in [0.1, 0.15) is 78.7 Å². The Hall–Kier alpha value is -4.74. The van der Waals surface area contributed by atoms with E-state index in [1.165, 1.54) is 83.0 Å². The average Bonchev–Trinajstić information content (AvgIpc) is 3.84. The first kappa shape index (κ1) is 38.7. The molecule has 3 aromatic carbocycles. The van der Waals surface area contributed by atoms with Crippen molar-refractivity contribution in [2.45, 2.75) is 58.5 Å². The van der Waals surface area contributed by atoms with Crippen LogP contribution in [0.3, 0.4) is 0 Å². The van der Waals surface area contributed by atoms with Gasteiger partial charge < -0.3 is 21.1 Å². The number of carbonyl (C=O) groups is 3. The molecule has 49 heavy (non-hydrogen) atoms. The molecule has 264 valence electrons. The number of nitrogens with one attached hydrogen (secondary N) is 2. The largest absolute Gasteiger partial charge is 0.496 e. The zero-order chi connectivity index (χ0) is 36.3. The molecule has 12 heteroatoms. The minimum atomic E-state index is -4.76. The van der Waals surface area contributed by atoms with E-state index in [4.69, 9.17) is 10.5 Å². The lowest BCUT2D eigenvalue weighted by Crippen LogP contribution is -2.17. The standard InChI is InChI=1S/C16H15FN2O3.C13H22.C8H5F4NO/c1-19-16(21)10-3-5-13(17)11(8-10)9-4-6-14(22-2)12(7-9)15(18)20;1-3-4-12-8-5-10(2)13(12)9-11-6-7-11;9-7-2-1-5(13-4-14)3-6(7)8(10,11)12/h3-8H,1-2H3,(H2,18,20)(H,19,21);9-12H,3-8H2,1-2H3;1-4H,(H,13,14)/b;13-9-;. The Morgan fingerprint density at radius 3 is 2.24 bits per heavy atom. The Balaban J connectivity index is 0.000000209. The number of anilines is 1. The summed E-state index contributed by atoms with van der Waals surface area (Å²) in [5.41, 5.74) is 6.71. The van der Waals surface area contributed by atoms with Crippen LogP contribution in [0.2, 0.25) is 0 Å². The van der Waals surface area contributed by atoms with Crippen LogP contribution >= 0.6 is 0 Å². The van der Waals surface area contributed by atoms with Gasteiger partial charge in [-0.2, -0.15) is 13.2 Å². The SMILES string of the molecule is CCCC1CCC(C)/C1=C/C1CC1.CNC(=O)c1ccc(F)c(-c2ccc(OC)c(C(N)=O)c2)c1.O=CNc1ccc(F)c(C(F)(F)F)c1. The summed E-state index contributed by atoms with van der Waals surface area (Å²) in [6, 6.07) is 10.8. The molecule has 2 aliphatic carbocycles. The number of hydrogen-bond donors (Lipinski definition) is 3. The van der Waals surface area contributed by atoms with Crippen molar-refractivity contribution in [1.82, 2.24) is 5.32 Å². The molecule has 0 saturated heterocycles. The number of primary amides is 1. The smallest absolute Gasteiger partial charge is 0.419 e. The zero-order valence-electron chi connectivity index (χ0n) is 27.9. The summed E-state index contributed by atoms with van der Waals surface area (Å²) in [6.07, 6.45) is 6.72. The molecule has 0 bridgehead atoms. The van der Waals surface area contributed by atoms with E-state index in [0.29, 0.717) is 29.0 Å². The molecule has 0 radical (unpaired) electrons. The minimum absolute atomic E-state index is 0.103. The molecule has 0 heterocycles. The van der Waals surface area contributed by atoms with Gasteiger partial charge >= 0.3 is 6.18 Å². The molecule has 0 aromatic heterocycles. The Bertz CT molecular complexity index is 1650. The molecular weight excluding hydrogens is 645 g/mol. The van der Waals surface area contributed by atoms with Gasteiger partial charge in [-0.05, 0) is 104 Å². The van der Waals surface area contributed by atoms with Crippen LogP contribution in [0.4, 0.5) is 27.6 Å². The van der Waals surface area contributed by atoms with Crippen molar-refractivity contribution in [3.63, 3.8) is 0 Å². The molecule has 5 rings (SSSR count). The van der Waals surface area contributed by atoms with Gasteiger partial charge in [0.05, 0.1) is 18.2 Å². The highest BCUT2D eigenvalue weighted by Crippen LogP contribution is 2.43. The Kier molecular flexibility index (Phi) is 13.9. The van der Waals surface area contributed by atoms with Crippen LogP contribution in [0.25, 0.3) is 11.1 Å². The Morgan fingerprint density at radius 2 is 1.67 bits per heavy atom. The number of nitrogens with two attached hydrogens (primary N) is 1. The quantitative estimate of drug-likeness (QED) is 0.119. The molecule has 7 nitrogen and oxygen atoms in total. The van der Waals surface area contributed by atoms with Gasteiger partial charge in [-0.25, -0.2) is 8.78 Å². The van der Waals surface area contributed by atoms with Crippen molar-refractivity contribution in [3.8, 4) is 16.9 Å². The summed E-state index contributed by atoms with van der Waals surface area (Å²) >= 11 is 0. The third-order valence-corrected chi connectivity index (χ3v) is 8.40. The van der Waals surface area contributed by atoms with Gasteiger partial charge in [0, 0.05) is 23.9 Å². The lowest BCUT2D eigenvalue weighted by molar-refractivity contribution is -0.140. The van der Waals surface area contributed by atoms with E-state index in [1.54, 1.807) is 6.07 Å². The summed E-state index contributed by atoms with van der Waals surface area (Å²) in [5, 5.41) is 4.47. The number of rotatable bonds is 9. The van der Waals surface area contributed by atoms with Gasteiger partial charge in [0.2, 0.25) is 6.41 Å². The highest BCUT2D eigenvalue weighted by atomic mass is 19.4. The summed E-state index contributed by atoms with van der Waals surface area (Å²) in [7, 11) is 2.90. The second-order valence-electron chi connectivity index (χ2n) is 12.0. The number of ether oxygens (including phenoxy) is 1. The van der Waals surface area contributed by atoms with Crippen LogP contribution in [0.15, 0.2) is 66.2 Å². The number of carbonyl (C=O) groups excluding carboxylic acids is 3. The predicted molar refractivity (Wildman–Crippen MR) is 179 cm³/mol. The molecule has 0 spiro atoms. The second kappa shape index (κ2) is 17.6. The maximum atomic E-state index is 14.1. The average molecular weight is 688 g/mol. The van der Waals surface area contributed by atoms with E-state index in [2.05, 4.69) is 25.2 Å². The van der Waals surface area contributed by atoms with Gasteiger partial charge in [-0.3, -0.25) is 14.4 Å². The van der Waals surface area contributed by atoms with Crippen LogP contribution < -0.4 is 21.1 Å². The molecule has 2 saturated carbocycles. The topological polar surface area (TPSA) is 111 Å². The van der Waals surface area contributed by atoms with Gasteiger partial charge in [0.1, 0.15) is 17.4 Å². The lowest BCUT2D eigenvalue weighted by Gasteiger charge is -2.13. The lowest BCUT2D eigenvalue weighted by atomic mass is 9.93. The zero-order valence-corrected chi connectivity index (χ0v) is 27.9. The molecule has 2 unspecified atom stereocenters. The van der Waals surface area contributed by atoms with E-state index >= 15 is 0 Å². The summed E-state index contributed by atoms with van der Waals surface area (Å²) < 4.78 is 68.1. The van der Waals surface area contributed by atoms with E-state index in [-0.39, 0.29) is 29.1 Å². The molecular formula is C37H42F5N3O4. The first-order chi connectivity index (χ1) is 23.2. The van der Waals surface area contributed by atoms with Crippen molar-refractivity contribution in [2.75, 3.05) is 19.5 Å². The fourth-order valence-electron chi connectivity index (χ4n) is 5.68. The van der Waals surface area contributed by atoms with E-state index in [0.717, 1.165) is 23.8 Å². The summed E-state index contributed by atoms with van der Waals surface area (Å²) in [4.78, 5) is 33.0. The van der Waals surface area contributed by atoms with Gasteiger partial charge in [0.15, 0.2) is 0 Å². The minimum Gasteiger partial charge on any atom is -0.496 e. The summed E-state index contributed by atoms with van der Waals surface area (Å²) in [5.74, 6) is 0.264. The first-order valence-electron chi connectivity index (χ1n) is 16.0. The maximum Gasteiger partial charge on any atom is 0.419 e. The van der Waals surface area contributed by atoms with Crippen molar-refractivity contribution in [2.24, 2.45) is 23.5 Å². The number of methoxy groups -OCH3 is 1. The Labute approximate surface area is 283 Å². The summed E-state index contributed by atoms with van der Waals surface area (Å²) in [6.45, 7) is 4.74. The van der Waals surface area contributed by atoms with Crippen LogP contribution in [0, 0.1) is 29.4 Å². The number of alkyl halides is 3. The molecule has 2 aliphatic rings. The molecule has 2 fully saturated rings. The number of halogens is 5. The van der Waals surface area contributed by atoms with Gasteiger partial charge in [0.25, 0.3) is 11.8 Å². The highest BCUT2D eigenvalue weighted by molar-refractivity contribution is 5.98. The molecule has 3 amide bonds. The van der Waals surface area contributed by atoms with Crippen LogP contribution in [-0.2, 0) is 11.0 Å². The highest BCUT2D eigenvalue weighted by Gasteiger charge is 2.34. The fraction of sp³-hybridized carbons (Fsp3) is 0.378. The van der Waals surface area contributed by atoms with E-state index in [9.17, 15) is 36.3 Å². The molecule has 3 aromatic rings. The fourth-order valence-corrected chi connectivity index (χ4v) is 5.68. The van der Waals surface area contributed by atoms with Crippen molar-refractivity contribution >= 4 is 23.9 Å². The number of amides is 3. The van der Waals surface area contributed by atoms with Gasteiger partial charge in [-0.15, -0.1) is 0 Å². The van der Waals surface area contributed by atoms with Crippen molar-refractivity contribution in [3.05, 3.63) is 94.6 Å². The monoisotopic (exact) mass is 687 g/mol. The molecule has 4 N–H and O–H groups in total. The second-order valence-corrected chi connectivity index (χ2v) is 12.0. The Morgan fingerprint density at radius 1 is 0.980 bits per heavy atom. The number of benzene rings is 3. The van der Waals surface area contributed by atoms with E-state index in [1.807, 2.05) is 10.9 Å². The van der Waals surface area contributed by atoms with E-state index < -0.39 is 29.3 Å². The predicted octanol–water partition coefficient (Wildman–Crippen LogP) is 8.54. The third-order valence-electron chi connectivity index (χ3n) is 8.40.